The lowest BCUT2D eigenvalue weighted by Crippen LogP contribution is -2.26. The van der Waals surface area contributed by atoms with E-state index in [4.69, 9.17) is 5.73 Å². The molecule has 1 saturated heterocycles. The van der Waals surface area contributed by atoms with Gasteiger partial charge in [-0.2, -0.15) is 0 Å². The van der Waals surface area contributed by atoms with Crippen LogP contribution in [-0.2, 0) is 0 Å². The van der Waals surface area contributed by atoms with Gasteiger partial charge >= 0.3 is 0 Å². The third kappa shape index (κ3) is 2.36. The maximum absolute atomic E-state index is 5.83. The second kappa shape index (κ2) is 4.62. The lowest BCUT2D eigenvalue weighted by Gasteiger charge is -2.16. The van der Waals surface area contributed by atoms with E-state index in [-0.39, 0.29) is 12.4 Å². The van der Waals surface area contributed by atoms with E-state index in [1.807, 2.05) is 12.3 Å². The number of aryl methyl sites for hydroxylation is 1. The number of nitrogens with two attached hydrogens (primary N) is 1. The fourth-order valence-electron chi connectivity index (χ4n) is 1.69. The topological polar surface area (TPSA) is 42.2 Å². The predicted molar refractivity (Wildman–Crippen MR) is 61.0 cm³/mol. The van der Waals surface area contributed by atoms with Crippen LogP contribution in [0.2, 0.25) is 0 Å². The van der Waals surface area contributed by atoms with Gasteiger partial charge in [-0.05, 0) is 31.0 Å². The van der Waals surface area contributed by atoms with Crippen molar-refractivity contribution in [2.24, 2.45) is 5.73 Å². The molecule has 0 aromatic carbocycles. The molecule has 0 unspecified atom stereocenters. The molecule has 0 aliphatic carbocycles. The van der Waals surface area contributed by atoms with Gasteiger partial charge < -0.3 is 10.6 Å². The molecular weight excluding hydrogens is 198 g/mol. The van der Waals surface area contributed by atoms with Gasteiger partial charge in [-0.25, -0.2) is 4.98 Å². The number of hydrogen-bond donors (Lipinski definition) is 1. The quantitative estimate of drug-likeness (QED) is 0.766. The van der Waals surface area contributed by atoms with E-state index in [0.717, 1.165) is 25.3 Å². The first-order valence-corrected chi connectivity index (χ1v) is 4.69. The van der Waals surface area contributed by atoms with Crippen molar-refractivity contribution >= 4 is 18.2 Å². The Labute approximate surface area is 90.7 Å². The molecule has 1 aliphatic heterocycles. The molecule has 2 heterocycles. The second-order valence-electron chi connectivity index (χ2n) is 3.69. The molecule has 3 nitrogen and oxygen atoms in total. The van der Waals surface area contributed by atoms with Crippen molar-refractivity contribution in [3.63, 3.8) is 0 Å². The van der Waals surface area contributed by atoms with Crippen LogP contribution < -0.4 is 10.6 Å². The number of aromatic nitrogens is 1. The summed E-state index contributed by atoms with van der Waals surface area (Å²) in [5.74, 6) is 1.06. The van der Waals surface area contributed by atoms with E-state index < -0.39 is 0 Å². The van der Waals surface area contributed by atoms with Crippen molar-refractivity contribution in [1.82, 2.24) is 4.98 Å². The lowest BCUT2D eigenvalue weighted by atomic mass is 10.3. The van der Waals surface area contributed by atoms with Gasteiger partial charge in [-0.15, -0.1) is 12.4 Å². The summed E-state index contributed by atoms with van der Waals surface area (Å²) in [5.41, 5.74) is 7.09. The monoisotopic (exact) mass is 213 g/mol. The molecule has 1 aliphatic rings. The molecule has 0 amide bonds. The Kier molecular flexibility index (Phi) is 3.72. The summed E-state index contributed by atoms with van der Waals surface area (Å²) in [6, 6.07) is 4.44. The van der Waals surface area contributed by atoms with Crippen LogP contribution in [0.3, 0.4) is 0 Å². The summed E-state index contributed by atoms with van der Waals surface area (Å²) in [7, 11) is 0. The summed E-state index contributed by atoms with van der Waals surface area (Å²) in [6.45, 7) is 4.06. The van der Waals surface area contributed by atoms with E-state index in [0.29, 0.717) is 6.04 Å². The fourth-order valence-corrected chi connectivity index (χ4v) is 1.69. The van der Waals surface area contributed by atoms with E-state index in [2.05, 4.69) is 22.9 Å². The third-order valence-electron chi connectivity index (χ3n) is 2.45. The second-order valence-corrected chi connectivity index (χ2v) is 3.69. The predicted octanol–water partition coefficient (Wildman–Crippen LogP) is 1.35. The first kappa shape index (κ1) is 11.3. The van der Waals surface area contributed by atoms with Gasteiger partial charge in [0.05, 0.1) is 0 Å². The number of nitrogens with zero attached hydrogens (tertiary/aromatic N) is 2. The third-order valence-corrected chi connectivity index (χ3v) is 2.45. The van der Waals surface area contributed by atoms with Gasteiger partial charge in [0.15, 0.2) is 0 Å². The van der Waals surface area contributed by atoms with Crippen molar-refractivity contribution in [2.75, 3.05) is 18.0 Å². The van der Waals surface area contributed by atoms with Crippen LogP contribution in [0.1, 0.15) is 12.0 Å². The number of pyridine rings is 1. The standard InChI is InChI=1S/C10H15N3.ClH/c1-8-2-4-12-10(6-8)13-5-3-9(11)7-13;/h2,4,6,9H,3,5,7,11H2,1H3;1H/t9-;/m0./s1. The average molecular weight is 214 g/mol. The van der Waals surface area contributed by atoms with Crippen LogP contribution in [0.5, 0.6) is 0 Å². The maximum atomic E-state index is 5.83. The van der Waals surface area contributed by atoms with Crippen molar-refractivity contribution in [3.05, 3.63) is 23.9 Å². The minimum Gasteiger partial charge on any atom is -0.355 e. The van der Waals surface area contributed by atoms with E-state index in [1.165, 1.54) is 5.56 Å². The Balaban J connectivity index is 0.000000980. The molecule has 78 valence electrons. The molecule has 14 heavy (non-hydrogen) atoms. The molecule has 2 rings (SSSR count). The molecule has 1 atom stereocenters. The Bertz CT molecular complexity index is 303. The molecule has 0 spiro atoms. The smallest absolute Gasteiger partial charge is 0.128 e. The zero-order valence-corrected chi connectivity index (χ0v) is 9.13. The van der Waals surface area contributed by atoms with Crippen molar-refractivity contribution in [2.45, 2.75) is 19.4 Å². The zero-order valence-electron chi connectivity index (χ0n) is 8.31. The molecule has 1 aromatic heterocycles. The van der Waals surface area contributed by atoms with Gasteiger partial charge in [0, 0.05) is 25.3 Å². The minimum absolute atomic E-state index is 0. The highest BCUT2D eigenvalue weighted by Gasteiger charge is 2.19. The Morgan fingerprint density at radius 1 is 1.57 bits per heavy atom. The Morgan fingerprint density at radius 3 is 2.93 bits per heavy atom. The van der Waals surface area contributed by atoms with Crippen LogP contribution in [0.4, 0.5) is 5.82 Å². The lowest BCUT2D eigenvalue weighted by molar-refractivity contribution is 0.751. The van der Waals surface area contributed by atoms with E-state index in [1.54, 1.807) is 0 Å². The summed E-state index contributed by atoms with van der Waals surface area (Å²) in [4.78, 5) is 6.57. The molecular formula is C10H16ClN3. The SMILES string of the molecule is Cc1ccnc(N2CC[C@H](N)C2)c1.Cl. The van der Waals surface area contributed by atoms with Gasteiger partial charge in [-0.1, -0.05) is 0 Å². The Morgan fingerprint density at radius 2 is 2.36 bits per heavy atom. The summed E-state index contributed by atoms with van der Waals surface area (Å²) in [6.07, 6.45) is 2.93. The molecule has 4 heteroatoms. The Hall–Kier alpha value is -0.800. The highest BCUT2D eigenvalue weighted by molar-refractivity contribution is 5.85. The highest BCUT2D eigenvalue weighted by Crippen LogP contribution is 2.17. The van der Waals surface area contributed by atoms with Gasteiger partial charge in [0.2, 0.25) is 0 Å². The first-order chi connectivity index (χ1) is 6.25. The largest absolute Gasteiger partial charge is 0.355 e. The summed E-state index contributed by atoms with van der Waals surface area (Å²) in [5, 5.41) is 0. The van der Waals surface area contributed by atoms with Crippen LogP contribution >= 0.6 is 12.4 Å². The highest BCUT2D eigenvalue weighted by atomic mass is 35.5. The van der Waals surface area contributed by atoms with E-state index >= 15 is 0 Å². The number of hydrogen-bond acceptors (Lipinski definition) is 3. The summed E-state index contributed by atoms with van der Waals surface area (Å²) < 4.78 is 0. The molecule has 2 N–H and O–H groups in total. The summed E-state index contributed by atoms with van der Waals surface area (Å²) >= 11 is 0. The van der Waals surface area contributed by atoms with E-state index in [9.17, 15) is 0 Å². The number of anilines is 1. The van der Waals surface area contributed by atoms with Gasteiger partial charge in [0.1, 0.15) is 5.82 Å². The van der Waals surface area contributed by atoms with Crippen molar-refractivity contribution < 1.29 is 0 Å². The van der Waals surface area contributed by atoms with Gasteiger partial charge in [0.25, 0.3) is 0 Å². The van der Waals surface area contributed by atoms with Crippen LogP contribution in [0.15, 0.2) is 18.3 Å². The van der Waals surface area contributed by atoms with Crippen molar-refractivity contribution in [1.29, 1.82) is 0 Å². The number of rotatable bonds is 1. The van der Waals surface area contributed by atoms with Crippen LogP contribution in [-0.4, -0.2) is 24.1 Å². The zero-order chi connectivity index (χ0) is 9.26. The van der Waals surface area contributed by atoms with Crippen LogP contribution in [0, 0.1) is 6.92 Å². The molecule has 0 bridgehead atoms. The average Bonchev–Trinajstić information content (AvgIpc) is 2.52. The van der Waals surface area contributed by atoms with Crippen molar-refractivity contribution in [3.8, 4) is 0 Å². The van der Waals surface area contributed by atoms with Crippen LogP contribution in [0.25, 0.3) is 0 Å². The normalized spacial score (nSPS) is 20.7. The number of halogens is 1. The molecule has 1 fully saturated rings. The molecule has 0 saturated carbocycles. The fraction of sp³-hybridized carbons (Fsp3) is 0.500. The molecule has 0 radical (unpaired) electrons. The molecule has 1 aromatic rings. The maximum Gasteiger partial charge on any atom is 0.128 e. The minimum atomic E-state index is 0. The van der Waals surface area contributed by atoms with Gasteiger partial charge in [-0.3, -0.25) is 0 Å². The first-order valence-electron chi connectivity index (χ1n) is 4.69.